The van der Waals surface area contributed by atoms with E-state index in [0.29, 0.717) is 27.6 Å². The number of esters is 1. The highest BCUT2D eigenvalue weighted by atomic mass is 35.5. The third-order valence-corrected chi connectivity index (χ3v) is 8.30. The van der Waals surface area contributed by atoms with Crippen molar-refractivity contribution in [3.8, 4) is 5.75 Å². The number of halogens is 1. The molecule has 0 unspecified atom stereocenters. The molecule has 0 bridgehead atoms. The molecule has 0 atom stereocenters. The molecule has 0 spiro atoms. The van der Waals surface area contributed by atoms with E-state index in [-0.39, 0.29) is 12.5 Å². The summed E-state index contributed by atoms with van der Waals surface area (Å²) in [5.74, 6) is -0.764. The maximum Gasteiger partial charge on any atom is 0.355 e. The summed E-state index contributed by atoms with van der Waals surface area (Å²) in [7, 11) is 0. The van der Waals surface area contributed by atoms with Gasteiger partial charge in [0.2, 0.25) is 5.91 Å². The van der Waals surface area contributed by atoms with Gasteiger partial charge in [-0.05, 0) is 30.2 Å². The molecule has 0 aliphatic carbocycles. The van der Waals surface area contributed by atoms with Gasteiger partial charge in [0, 0.05) is 16.5 Å². The van der Waals surface area contributed by atoms with Gasteiger partial charge in [0.1, 0.15) is 10.6 Å². The van der Waals surface area contributed by atoms with Gasteiger partial charge in [-0.15, -0.1) is 11.3 Å². The van der Waals surface area contributed by atoms with E-state index in [4.69, 9.17) is 16.3 Å². The van der Waals surface area contributed by atoms with Crippen molar-refractivity contribution in [2.45, 2.75) is 84.0 Å². The number of benzene rings is 2. The summed E-state index contributed by atoms with van der Waals surface area (Å²) in [5.41, 5.74) is 3.02. The second-order valence-corrected chi connectivity index (χ2v) is 11.5. The van der Waals surface area contributed by atoms with Gasteiger partial charge in [-0.1, -0.05) is 113 Å². The number of nitrogens with zero attached hydrogens (tertiary/aromatic N) is 1. The first-order valence-corrected chi connectivity index (χ1v) is 15.7. The molecule has 2 N–H and O–H groups in total. The number of hydrogen-bond donors (Lipinski definition) is 2. The summed E-state index contributed by atoms with van der Waals surface area (Å²) >= 11 is 7.66. The van der Waals surface area contributed by atoms with Crippen molar-refractivity contribution in [3.63, 3.8) is 0 Å². The zero-order valence-corrected chi connectivity index (χ0v) is 25.3. The molecule has 41 heavy (non-hydrogen) atoms. The zero-order chi connectivity index (χ0) is 29.3. The SMILES string of the molecule is CCCCCCCCCCCCCC(=O)NCC(=O)N/N=C\c1cccc(OC(=O)c2sc3ccccc3c2Cl)c1. The monoisotopic (exact) mass is 597 g/mol. The summed E-state index contributed by atoms with van der Waals surface area (Å²) < 4.78 is 6.42. The average molecular weight is 598 g/mol. The molecule has 1 heterocycles. The predicted octanol–water partition coefficient (Wildman–Crippen LogP) is 8.04. The van der Waals surface area contributed by atoms with Crippen LogP contribution in [0.3, 0.4) is 0 Å². The number of ether oxygens (including phenoxy) is 1. The highest BCUT2D eigenvalue weighted by Gasteiger charge is 2.19. The van der Waals surface area contributed by atoms with Crippen LogP contribution in [0.25, 0.3) is 10.1 Å². The fraction of sp³-hybridized carbons (Fsp3) is 0.438. The van der Waals surface area contributed by atoms with Crippen LogP contribution in [0, 0.1) is 0 Å². The van der Waals surface area contributed by atoms with Crippen LogP contribution in [0.4, 0.5) is 0 Å². The van der Waals surface area contributed by atoms with Crippen molar-refractivity contribution in [1.82, 2.24) is 10.7 Å². The van der Waals surface area contributed by atoms with E-state index in [1.807, 2.05) is 24.3 Å². The van der Waals surface area contributed by atoms with E-state index in [9.17, 15) is 14.4 Å². The molecule has 0 fully saturated rings. The minimum atomic E-state index is -0.539. The van der Waals surface area contributed by atoms with Gasteiger partial charge in [-0.25, -0.2) is 10.2 Å². The lowest BCUT2D eigenvalue weighted by atomic mass is 10.1. The van der Waals surface area contributed by atoms with E-state index in [2.05, 4.69) is 22.8 Å². The maximum atomic E-state index is 12.7. The van der Waals surface area contributed by atoms with E-state index in [1.165, 1.54) is 68.9 Å². The number of nitrogens with one attached hydrogen (secondary N) is 2. The largest absolute Gasteiger partial charge is 0.422 e. The Morgan fingerprint density at radius 3 is 2.27 bits per heavy atom. The van der Waals surface area contributed by atoms with Crippen molar-refractivity contribution >= 4 is 57.0 Å². The van der Waals surface area contributed by atoms with Gasteiger partial charge >= 0.3 is 5.97 Å². The maximum absolute atomic E-state index is 12.7. The van der Waals surface area contributed by atoms with Crippen molar-refractivity contribution < 1.29 is 19.1 Å². The molecule has 220 valence electrons. The van der Waals surface area contributed by atoms with Crippen LogP contribution in [0.15, 0.2) is 53.6 Å². The third kappa shape index (κ3) is 11.7. The summed E-state index contributed by atoms with van der Waals surface area (Å²) in [6.45, 7) is 2.10. The Bertz CT molecular complexity index is 1310. The molecule has 9 heteroatoms. The van der Waals surface area contributed by atoms with Crippen molar-refractivity contribution in [2.75, 3.05) is 6.54 Å². The number of hydrazone groups is 1. The van der Waals surface area contributed by atoms with E-state index < -0.39 is 11.9 Å². The number of thiophene rings is 1. The molecule has 0 saturated carbocycles. The number of amides is 2. The van der Waals surface area contributed by atoms with Crippen molar-refractivity contribution in [2.24, 2.45) is 5.10 Å². The highest BCUT2D eigenvalue weighted by Crippen LogP contribution is 2.35. The summed E-state index contributed by atoms with van der Waals surface area (Å²) in [4.78, 5) is 37.1. The molecule has 7 nitrogen and oxygen atoms in total. The van der Waals surface area contributed by atoms with Crippen LogP contribution in [0.5, 0.6) is 5.75 Å². The first-order valence-electron chi connectivity index (χ1n) is 14.6. The molecule has 3 rings (SSSR count). The van der Waals surface area contributed by atoms with Gasteiger partial charge in [0.15, 0.2) is 0 Å². The van der Waals surface area contributed by atoms with Crippen LogP contribution in [-0.2, 0) is 9.59 Å². The van der Waals surface area contributed by atoms with Gasteiger partial charge in [-0.3, -0.25) is 9.59 Å². The summed E-state index contributed by atoms with van der Waals surface area (Å²) in [5, 5.41) is 7.76. The molecule has 0 aliphatic heterocycles. The Hall–Kier alpha value is -3.23. The lowest BCUT2D eigenvalue weighted by Crippen LogP contribution is -2.34. The Morgan fingerprint density at radius 1 is 0.878 bits per heavy atom. The number of fused-ring (bicyclic) bond motifs is 1. The number of rotatable bonds is 18. The highest BCUT2D eigenvalue weighted by molar-refractivity contribution is 7.21. The van der Waals surface area contributed by atoms with Gasteiger partial charge in [0.25, 0.3) is 5.91 Å². The molecular weight excluding hydrogens is 558 g/mol. The molecule has 2 aromatic carbocycles. The third-order valence-electron chi connectivity index (χ3n) is 6.65. The molecule has 0 saturated heterocycles. The molecule has 0 aliphatic rings. The Kier molecular flexibility index (Phi) is 14.4. The van der Waals surface area contributed by atoms with E-state index >= 15 is 0 Å². The standard InChI is InChI=1S/C32H40ClN3O4S/c1-2-3-4-5-6-7-8-9-10-11-12-20-28(37)34-23-29(38)36-35-22-24-16-15-17-25(21-24)40-32(39)31-30(33)26-18-13-14-19-27(26)41-31/h13-19,21-22H,2-12,20,23H2,1H3,(H,34,37)(H,36,38)/b35-22-. The fourth-order valence-electron chi connectivity index (χ4n) is 4.39. The van der Waals surface area contributed by atoms with Gasteiger partial charge in [-0.2, -0.15) is 5.10 Å². The minimum Gasteiger partial charge on any atom is -0.422 e. The predicted molar refractivity (Wildman–Crippen MR) is 168 cm³/mol. The van der Waals surface area contributed by atoms with Crippen LogP contribution in [0.2, 0.25) is 5.02 Å². The molecule has 1 aromatic heterocycles. The summed E-state index contributed by atoms with van der Waals surface area (Å²) in [6, 6.07) is 14.3. The normalized spacial score (nSPS) is 11.2. The number of hydrogen-bond acceptors (Lipinski definition) is 6. The van der Waals surface area contributed by atoms with Crippen LogP contribution >= 0.6 is 22.9 Å². The van der Waals surface area contributed by atoms with Crippen LogP contribution in [-0.4, -0.2) is 30.5 Å². The Labute approximate surface area is 251 Å². The molecule has 0 radical (unpaired) electrons. The molecule has 3 aromatic rings. The first kappa shape index (κ1) is 32.3. The first-order chi connectivity index (χ1) is 20.0. The number of carbonyl (C=O) groups is 3. The minimum absolute atomic E-state index is 0.131. The molecular formula is C32H40ClN3O4S. The van der Waals surface area contributed by atoms with Gasteiger partial charge in [0.05, 0.1) is 17.8 Å². The zero-order valence-electron chi connectivity index (χ0n) is 23.8. The van der Waals surface area contributed by atoms with Crippen molar-refractivity contribution in [3.05, 3.63) is 64.0 Å². The Balaban J connectivity index is 1.30. The van der Waals surface area contributed by atoms with E-state index in [0.717, 1.165) is 29.3 Å². The lowest BCUT2D eigenvalue weighted by Gasteiger charge is -2.05. The summed E-state index contributed by atoms with van der Waals surface area (Å²) in [6.07, 6.45) is 15.3. The van der Waals surface area contributed by atoms with Crippen LogP contribution < -0.4 is 15.5 Å². The number of unbranched alkanes of at least 4 members (excludes halogenated alkanes) is 10. The second-order valence-electron chi connectivity index (χ2n) is 10.1. The second kappa shape index (κ2) is 18.3. The quantitative estimate of drug-likeness (QED) is 0.0510. The topological polar surface area (TPSA) is 96.9 Å². The average Bonchev–Trinajstić information content (AvgIpc) is 3.31. The lowest BCUT2D eigenvalue weighted by molar-refractivity contribution is -0.126. The van der Waals surface area contributed by atoms with E-state index in [1.54, 1.807) is 24.3 Å². The fourth-order valence-corrected chi connectivity index (χ4v) is 5.78. The van der Waals surface area contributed by atoms with Crippen LogP contribution in [0.1, 0.15) is 99.2 Å². The number of carbonyl (C=O) groups excluding carboxylic acids is 3. The van der Waals surface area contributed by atoms with Gasteiger partial charge < -0.3 is 10.1 Å². The smallest absolute Gasteiger partial charge is 0.355 e. The molecule has 2 amide bonds. The van der Waals surface area contributed by atoms with Crippen molar-refractivity contribution in [1.29, 1.82) is 0 Å². The Morgan fingerprint density at radius 2 is 1.56 bits per heavy atom.